The number of nitrogens with one attached hydrogen (secondary N) is 1. The fraction of sp³-hybridized carbons (Fsp3) is 0.429. The van der Waals surface area contributed by atoms with Crippen molar-refractivity contribution in [1.29, 1.82) is 0 Å². The van der Waals surface area contributed by atoms with Gasteiger partial charge in [0.2, 0.25) is 5.91 Å². The molecule has 1 aromatic carbocycles. The van der Waals surface area contributed by atoms with Crippen molar-refractivity contribution in [3.8, 4) is 5.75 Å². The van der Waals surface area contributed by atoms with Gasteiger partial charge in [0, 0.05) is 19.3 Å². The molecule has 2 heterocycles. The lowest BCUT2D eigenvalue weighted by Gasteiger charge is -2.17. The first-order chi connectivity index (χ1) is 13.8. The van der Waals surface area contributed by atoms with Gasteiger partial charge in [-0.25, -0.2) is 0 Å². The lowest BCUT2D eigenvalue weighted by molar-refractivity contribution is -0.153. The number of aryl methyl sites for hydroxylation is 1. The van der Waals surface area contributed by atoms with Crippen molar-refractivity contribution in [1.82, 2.24) is 15.2 Å². The molecule has 1 amide bonds. The molecule has 1 fully saturated rings. The van der Waals surface area contributed by atoms with E-state index < -0.39 is 12.8 Å². The van der Waals surface area contributed by atoms with Gasteiger partial charge in [-0.15, -0.1) is 0 Å². The van der Waals surface area contributed by atoms with E-state index in [2.05, 4.69) is 15.2 Å². The number of rotatable bonds is 7. The summed E-state index contributed by atoms with van der Waals surface area (Å²) in [6.45, 7) is 2.98. The number of likely N-dealkylation sites (tertiary alicyclic amines) is 1. The third kappa shape index (κ3) is 6.74. The van der Waals surface area contributed by atoms with E-state index in [1.165, 1.54) is 6.07 Å². The van der Waals surface area contributed by atoms with Crippen molar-refractivity contribution in [3.63, 3.8) is 0 Å². The van der Waals surface area contributed by atoms with E-state index in [0.29, 0.717) is 19.6 Å². The maximum absolute atomic E-state index is 12.4. The average molecular weight is 407 g/mol. The number of benzene rings is 1. The second-order valence-electron chi connectivity index (χ2n) is 7.32. The van der Waals surface area contributed by atoms with Crippen LogP contribution in [-0.4, -0.2) is 41.7 Å². The number of ether oxygens (including phenoxy) is 1. The Morgan fingerprint density at radius 1 is 1.31 bits per heavy atom. The minimum atomic E-state index is -4.36. The van der Waals surface area contributed by atoms with E-state index in [1.807, 2.05) is 25.1 Å². The van der Waals surface area contributed by atoms with Crippen LogP contribution in [0.2, 0.25) is 0 Å². The highest BCUT2D eigenvalue weighted by molar-refractivity contribution is 5.79. The summed E-state index contributed by atoms with van der Waals surface area (Å²) in [5.41, 5.74) is 2.74. The highest BCUT2D eigenvalue weighted by Gasteiger charge is 2.29. The lowest BCUT2D eigenvalue weighted by Crippen LogP contribution is -2.32. The van der Waals surface area contributed by atoms with E-state index in [9.17, 15) is 18.0 Å². The highest BCUT2D eigenvalue weighted by atomic mass is 19.4. The van der Waals surface area contributed by atoms with Gasteiger partial charge >= 0.3 is 6.18 Å². The van der Waals surface area contributed by atoms with Crippen LogP contribution in [0.5, 0.6) is 5.75 Å². The predicted molar refractivity (Wildman–Crippen MR) is 102 cm³/mol. The number of amides is 1. The first kappa shape index (κ1) is 21.1. The van der Waals surface area contributed by atoms with Crippen molar-refractivity contribution < 1.29 is 22.7 Å². The van der Waals surface area contributed by atoms with Crippen molar-refractivity contribution in [2.24, 2.45) is 5.92 Å². The van der Waals surface area contributed by atoms with Gasteiger partial charge in [-0.05, 0) is 49.2 Å². The summed E-state index contributed by atoms with van der Waals surface area (Å²) >= 11 is 0. The molecule has 0 spiro atoms. The van der Waals surface area contributed by atoms with Gasteiger partial charge in [-0.3, -0.25) is 14.7 Å². The number of pyridine rings is 1. The summed E-state index contributed by atoms with van der Waals surface area (Å²) in [5, 5.41) is 2.93. The zero-order valence-corrected chi connectivity index (χ0v) is 16.2. The Morgan fingerprint density at radius 2 is 2.14 bits per heavy atom. The number of halogens is 3. The van der Waals surface area contributed by atoms with Gasteiger partial charge in [0.15, 0.2) is 6.61 Å². The Bertz CT molecular complexity index is 825. The van der Waals surface area contributed by atoms with Crippen LogP contribution < -0.4 is 10.1 Å². The second-order valence-corrected chi connectivity index (χ2v) is 7.32. The smallest absolute Gasteiger partial charge is 0.422 e. The van der Waals surface area contributed by atoms with Crippen molar-refractivity contribution in [3.05, 3.63) is 59.4 Å². The number of carbonyl (C=O) groups is 1. The fourth-order valence-corrected chi connectivity index (χ4v) is 3.27. The maximum atomic E-state index is 12.4. The zero-order valence-electron chi connectivity index (χ0n) is 16.2. The van der Waals surface area contributed by atoms with Crippen molar-refractivity contribution in [2.75, 3.05) is 19.7 Å². The molecule has 0 bridgehead atoms. The summed E-state index contributed by atoms with van der Waals surface area (Å²) in [6, 6.07) is 10.5. The summed E-state index contributed by atoms with van der Waals surface area (Å²) in [7, 11) is 0. The molecule has 1 saturated heterocycles. The zero-order chi connectivity index (χ0) is 20.9. The molecule has 0 saturated carbocycles. The van der Waals surface area contributed by atoms with Gasteiger partial charge in [-0.1, -0.05) is 18.2 Å². The molecule has 8 heteroatoms. The minimum Gasteiger partial charge on any atom is -0.484 e. The molecule has 156 valence electrons. The molecule has 1 atom stereocenters. The highest BCUT2D eigenvalue weighted by Crippen LogP contribution is 2.22. The van der Waals surface area contributed by atoms with Crippen LogP contribution in [0.25, 0.3) is 0 Å². The topological polar surface area (TPSA) is 54.5 Å². The first-order valence-corrected chi connectivity index (χ1v) is 9.48. The number of aromatic nitrogens is 1. The molecule has 1 N–H and O–H groups in total. The molecule has 5 nitrogen and oxygen atoms in total. The van der Waals surface area contributed by atoms with Crippen LogP contribution in [0, 0.1) is 12.8 Å². The van der Waals surface area contributed by atoms with E-state index >= 15 is 0 Å². The standard InChI is InChI=1S/C21H24F3N3O2/c1-15-5-6-18(25-10-15)11-26-20(28)17-7-8-27(13-17)12-16-3-2-4-19(9-16)29-14-21(22,23)24/h2-6,9-10,17H,7-8,11-14H2,1H3,(H,26,28). The Hall–Kier alpha value is -2.61. The second kappa shape index (κ2) is 9.26. The van der Waals surface area contributed by atoms with Gasteiger partial charge in [0.05, 0.1) is 18.2 Å². The fourth-order valence-electron chi connectivity index (χ4n) is 3.27. The molecular formula is C21H24F3N3O2. The molecule has 1 aromatic heterocycles. The predicted octanol–water partition coefficient (Wildman–Crippen LogP) is 3.47. The Balaban J connectivity index is 1.47. The minimum absolute atomic E-state index is 0.00265. The average Bonchev–Trinajstić information content (AvgIpc) is 3.14. The number of nitrogens with zero attached hydrogens (tertiary/aromatic N) is 2. The van der Waals surface area contributed by atoms with Crippen LogP contribution in [-0.2, 0) is 17.9 Å². The van der Waals surface area contributed by atoms with Crippen molar-refractivity contribution in [2.45, 2.75) is 32.6 Å². The van der Waals surface area contributed by atoms with Crippen molar-refractivity contribution >= 4 is 5.91 Å². The van der Waals surface area contributed by atoms with E-state index in [-0.39, 0.29) is 17.6 Å². The largest absolute Gasteiger partial charge is 0.484 e. The molecular weight excluding hydrogens is 383 g/mol. The first-order valence-electron chi connectivity index (χ1n) is 9.48. The Kier molecular flexibility index (Phi) is 6.74. The third-order valence-corrected chi connectivity index (χ3v) is 4.77. The monoisotopic (exact) mass is 407 g/mol. The molecule has 1 aliphatic heterocycles. The van der Waals surface area contributed by atoms with E-state index in [0.717, 1.165) is 29.8 Å². The number of carbonyl (C=O) groups excluding carboxylic acids is 1. The third-order valence-electron chi connectivity index (χ3n) is 4.77. The van der Waals surface area contributed by atoms with Gasteiger partial charge in [0.25, 0.3) is 0 Å². The molecule has 29 heavy (non-hydrogen) atoms. The molecule has 0 radical (unpaired) electrons. The number of hydrogen-bond donors (Lipinski definition) is 1. The lowest BCUT2D eigenvalue weighted by atomic mass is 10.1. The molecule has 0 aliphatic carbocycles. The molecule has 1 unspecified atom stereocenters. The van der Waals surface area contributed by atoms with Crippen LogP contribution in [0.4, 0.5) is 13.2 Å². The van der Waals surface area contributed by atoms with E-state index in [4.69, 9.17) is 4.74 Å². The van der Waals surface area contributed by atoms with E-state index in [1.54, 1.807) is 18.3 Å². The SMILES string of the molecule is Cc1ccc(CNC(=O)C2CCN(Cc3cccc(OCC(F)(F)F)c3)C2)nc1. The summed E-state index contributed by atoms with van der Waals surface area (Å²) < 4.78 is 41.7. The number of alkyl halides is 3. The molecule has 2 aromatic rings. The van der Waals surface area contributed by atoms with Crippen LogP contribution >= 0.6 is 0 Å². The van der Waals surface area contributed by atoms with Gasteiger partial charge in [0.1, 0.15) is 5.75 Å². The maximum Gasteiger partial charge on any atom is 0.422 e. The van der Waals surface area contributed by atoms with Crippen LogP contribution in [0.3, 0.4) is 0 Å². The Morgan fingerprint density at radius 3 is 2.86 bits per heavy atom. The van der Waals surface area contributed by atoms with Crippen LogP contribution in [0.15, 0.2) is 42.6 Å². The summed E-state index contributed by atoms with van der Waals surface area (Å²) in [5.74, 6) is 0.0844. The number of hydrogen-bond acceptors (Lipinski definition) is 4. The quantitative estimate of drug-likeness (QED) is 0.764. The summed E-state index contributed by atoms with van der Waals surface area (Å²) in [4.78, 5) is 18.8. The summed E-state index contributed by atoms with van der Waals surface area (Å²) in [6.07, 6.45) is -1.84. The van der Waals surface area contributed by atoms with Gasteiger partial charge in [-0.2, -0.15) is 13.2 Å². The Labute approximate surface area is 167 Å². The van der Waals surface area contributed by atoms with Crippen LogP contribution in [0.1, 0.15) is 23.2 Å². The molecule has 1 aliphatic rings. The molecule has 3 rings (SSSR count). The van der Waals surface area contributed by atoms with Gasteiger partial charge < -0.3 is 10.1 Å². The normalized spacial score (nSPS) is 17.3.